The van der Waals surface area contributed by atoms with Gasteiger partial charge in [-0.2, -0.15) is 0 Å². The second-order valence-electron chi connectivity index (χ2n) is 9.94. The molecule has 1 aromatic heterocycles. The van der Waals surface area contributed by atoms with E-state index < -0.39 is 6.04 Å². The number of hydrogen-bond donors (Lipinski definition) is 1. The van der Waals surface area contributed by atoms with Crippen molar-refractivity contribution in [2.24, 2.45) is 17.8 Å². The molecule has 3 atom stereocenters. The number of carbonyl (C=O) groups is 3. The van der Waals surface area contributed by atoms with Crippen molar-refractivity contribution in [1.29, 1.82) is 0 Å². The Balaban J connectivity index is 1.62. The summed E-state index contributed by atoms with van der Waals surface area (Å²) in [5, 5.41) is 3.00. The molecule has 0 bridgehead atoms. The van der Waals surface area contributed by atoms with Crippen molar-refractivity contribution in [2.45, 2.75) is 59.5 Å². The summed E-state index contributed by atoms with van der Waals surface area (Å²) < 4.78 is 2.02. The molecule has 1 aliphatic carbocycles. The van der Waals surface area contributed by atoms with Gasteiger partial charge < -0.3 is 9.47 Å². The zero-order valence-corrected chi connectivity index (χ0v) is 21.2. The largest absolute Gasteiger partial charge is 0.309 e. The summed E-state index contributed by atoms with van der Waals surface area (Å²) in [6.07, 6.45) is 5.46. The van der Waals surface area contributed by atoms with Crippen LogP contribution < -0.4 is 5.32 Å². The Kier molecular flexibility index (Phi) is 7.69. The number of anilines is 1. The van der Waals surface area contributed by atoms with E-state index in [0.717, 1.165) is 30.7 Å². The Labute approximate surface area is 207 Å². The number of para-hydroxylation sites is 2. The molecule has 0 saturated carbocycles. The lowest BCUT2D eigenvalue weighted by molar-refractivity contribution is -0.147. The van der Waals surface area contributed by atoms with E-state index >= 15 is 0 Å². The minimum atomic E-state index is -0.850. The molecule has 1 aliphatic heterocycles. The molecule has 35 heavy (non-hydrogen) atoms. The number of carbonyl (C=O) groups excluding carboxylic acids is 3. The van der Waals surface area contributed by atoms with Crippen LogP contribution in [0.4, 0.5) is 5.95 Å². The molecular weight excluding hydrogens is 442 g/mol. The average molecular weight is 480 g/mol. The van der Waals surface area contributed by atoms with Crippen LogP contribution >= 0.6 is 0 Å². The monoisotopic (exact) mass is 479 g/mol. The quantitative estimate of drug-likeness (QED) is 0.415. The highest BCUT2D eigenvalue weighted by Gasteiger charge is 2.51. The van der Waals surface area contributed by atoms with Crippen molar-refractivity contribution in [3.8, 4) is 0 Å². The molecule has 1 N–H and O–H groups in total. The molecule has 2 heterocycles. The SMILES string of the molecule is CCN(CC)CCn1c(NC(=O)[C@H](CC(C)C)N2C(=O)[C@H]3CC=CC[C@@H]3C2=O)nc2ccccc21. The van der Waals surface area contributed by atoms with E-state index in [4.69, 9.17) is 4.98 Å². The molecule has 1 saturated heterocycles. The van der Waals surface area contributed by atoms with Gasteiger partial charge in [0.25, 0.3) is 0 Å². The maximum atomic E-state index is 13.7. The Morgan fingerprint density at radius 3 is 2.31 bits per heavy atom. The van der Waals surface area contributed by atoms with E-state index in [9.17, 15) is 14.4 Å². The molecule has 0 radical (unpaired) electrons. The average Bonchev–Trinajstić information content (AvgIpc) is 3.32. The maximum absolute atomic E-state index is 13.7. The van der Waals surface area contributed by atoms with Gasteiger partial charge in [0.2, 0.25) is 23.7 Å². The Morgan fingerprint density at radius 1 is 1.09 bits per heavy atom. The molecule has 4 rings (SSSR count). The van der Waals surface area contributed by atoms with Crippen LogP contribution in [0.2, 0.25) is 0 Å². The molecule has 188 valence electrons. The molecule has 8 nitrogen and oxygen atoms in total. The molecular formula is C27H37N5O3. The van der Waals surface area contributed by atoms with Gasteiger partial charge in [-0.15, -0.1) is 0 Å². The number of fused-ring (bicyclic) bond motifs is 2. The predicted octanol–water partition coefficient (Wildman–Crippen LogP) is 3.68. The van der Waals surface area contributed by atoms with Gasteiger partial charge in [0.1, 0.15) is 6.04 Å². The Bertz CT molecular complexity index is 1090. The summed E-state index contributed by atoms with van der Waals surface area (Å²) >= 11 is 0. The van der Waals surface area contributed by atoms with Gasteiger partial charge in [0, 0.05) is 13.1 Å². The standard InChI is InChI=1S/C27H37N5O3/c1-5-30(6-2)15-16-31-22-14-10-9-13-21(22)28-27(31)29-24(33)23(17-18(3)4)32-25(34)19-11-7-8-12-20(19)26(32)35/h7-10,13-14,18-20,23H,5-6,11-12,15-17H2,1-4H3,(H,28,29,33)/t19-,20-,23-/m0/s1. The fraction of sp³-hybridized carbons (Fsp3) is 0.556. The highest BCUT2D eigenvalue weighted by Crippen LogP contribution is 2.37. The topological polar surface area (TPSA) is 87.5 Å². The third-order valence-corrected chi connectivity index (χ3v) is 7.27. The van der Waals surface area contributed by atoms with Crippen LogP contribution in [0.3, 0.4) is 0 Å². The number of nitrogens with zero attached hydrogens (tertiary/aromatic N) is 4. The van der Waals surface area contributed by atoms with E-state index in [1.165, 1.54) is 4.90 Å². The van der Waals surface area contributed by atoms with Gasteiger partial charge in [0.15, 0.2) is 0 Å². The van der Waals surface area contributed by atoms with Gasteiger partial charge in [-0.1, -0.05) is 52.0 Å². The van der Waals surface area contributed by atoms with Crippen molar-refractivity contribution in [2.75, 3.05) is 25.0 Å². The van der Waals surface area contributed by atoms with E-state index in [1.54, 1.807) is 0 Å². The first-order valence-corrected chi connectivity index (χ1v) is 12.9. The zero-order chi connectivity index (χ0) is 25.1. The molecule has 2 aromatic rings. The Hall–Kier alpha value is -3.00. The smallest absolute Gasteiger partial charge is 0.249 e. The first kappa shape index (κ1) is 25.1. The number of nitrogens with one attached hydrogen (secondary N) is 1. The lowest BCUT2D eigenvalue weighted by Crippen LogP contribution is -2.48. The summed E-state index contributed by atoms with van der Waals surface area (Å²) in [4.78, 5) is 48.4. The minimum Gasteiger partial charge on any atom is -0.309 e. The lowest BCUT2D eigenvalue weighted by atomic mass is 9.85. The van der Waals surface area contributed by atoms with Crippen molar-refractivity contribution in [1.82, 2.24) is 19.4 Å². The lowest BCUT2D eigenvalue weighted by Gasteiger charge is -2.27. The molecule has 0 spiro atoms. The number of benzene rings is 1. The number of likely N-dealkylation sites (tertiary alicyclic amines) is 1. The first-order valence-electron chi connectivity index (χ1n) is 12.9. The molecule has 2 aliphatic rings. The van der Waals surface area contributed by atoms with Crippen LogP contribution in [0, 0.1) is 17.8 Å². The minimum absolute atomic E-state index is 0.133. The van der Waals surface area contributed by atoms with Crippen molar-refractivity contribution < 1.29 is 14.4 Å². The molecule has 8 heteroatoms. The van der Waals surface area contributed by atoms with Crippen LogP contribution in [0.25, 0.3) is 11.0 Å². The van der Waals surface area contributed by atoms with E-state index in [0.29, 0.717) is 31.8 Å². The summed E-state index contributed by atoms with van der Waals surface area (Å²) in [6.45, 7) is 11.6. The molecule has 0 unspecified atom stereocenters. The highest BCUT2D eigenvalue weighted by molar-refractivity contribution is 6.10. The third-order valence-electron chi connectivity index (χ3n) is 7.27. The maximum Gasteiger partial charge on any atom is 0.249 e. The normalized spacial score (nSPS) is 20.8. The number of hydrogen-bond acceptors (Lipinski definition) is 5. The number of likely N-dealkylation sites (N-methyl/N-ethyl adjacent to an activating group) is 1. The van der Waals surface area contributed by atoms with Crippen LogP contribution in [0.1, 0.15) is 47.0 Å². The van der Waals surface area contributed by atoms with E-state index in [2.05, 4.69) is 24.1 Å². The van der Waals surface area contributed by atoms with Crippen LogP contribution in [-0.4, -0.2) is 62.7 Å². The molecule has 1 fully saturated rings. The van der Waals surface area contributed by atoms with Crippen molar-refractivity contribution >= 4 is 34.7 Å². The third kappa shape index (κ3) is 5.03. The fourth-order valence-electron chi connectivity index (χ4n) is 5.28. The van der Waals surface area contributed by atoms with Crippen LogP contribution in [0.5, 0.6) is 0 Å². The summed E-state index contributed by atoms with van der Waals surface area (Å²) in [6, 6.07) is 6.96. The number of allylic oxidation sites excluding steroid dienone is 2. The fourth-order valence-corrected chi connectivity index (χ4v) is 5.28. The van der Waals surface area contributed by atoms with Gasteiger partial charge >= 0.3 is 0 Å². The zero-order valence-electron chi connectivity index (χ0n) is 21.2. The Morgan fingerprint density at radius 2 is 1.71 bits per heavy atom. The molecule has 3 amide bonds. The van der Waals surface area contributed by atoms with Gasteiger partial charge in [0.05, 0.1) is 22.9 Å². The number of amides is 3. The van der Waals surface area contributed by atoms with Crippen LogP contribution in [-0.2, 0) is 20.9 Å². The van der Waals surface area contributed by atoms with Gasteiger partial charge in [-0.3, -0.25) is 24.6 Å². The van der Waals surface area contributed by atoms with Crippen molar-refractivity contribution in [3.05, 3.63) is 36.4 Å². The van der Waals surface area contributed by atoms with Crippen molar-refractivity contribution in [3.63, 3.8) is 0 Å². The van der Waals surface area contributed by atoms with E-state index in [-0.39, 0.29) is 35.5 Å². The van der Waals surface area contributed by atoms with E-state index in [1.807, 2.05) is 54.8 Å². The van der Waals surface area contributed by atoms with Crippen LogP contribution in [0.15, 0.2) is 36.4 Å². The second kappa shape index (κ2) is 10.7. The molecule has 1 aromatic carbocycles. The number of rotatable bonds is 10. The number of imidazole rings is 1. The summed E-state index contributed by atoms with van der Waals surface area (Å²) in [5.41, 5.74) is 1.74. The summed E-state index contributed by atoms with van der Waals surface area (Å²) in [5.74, 6) is -0.919. The second-order valence-corrected chi connectivity index (χ2v) is 9.94. The summed E-state index contributed by atoms with van der Waals surface area (Å²) in [7, 11) is 0. The van der Waals surface area contributed by atoms with Gasteiger partial charge in [-0.25, -0.2) is 4.98 Å². The highest BCUT2D eigenvalue weighted by atomic mass is 16.2. The predicted molar refractivity (Wildman–Crippen MR) is 137 cm³/mol. The number of aromatic nitrogens is 2. The number of imide groups is 1. The van der Waals surface area contributed by atoms with Gasteiger partial charge in [-0.05, 0) is 50.4 Å². The first-order chi connectivity index (χ1) is 16.8.